The van der Waals surface area contributed by atoms with Crippen molar-refractivity contribution in [3.05, 3.63) is 53.6 Å². The SMILES string of the molecule is CCN(C)Cc1cccc(CN=C(N)Nc2cc(OC)ccc2OC)c1.I. The van der Waals surface area contributed by atoms with Gasteiger partial charge in [-0.2, -0.15) is 0 Å². The highest BCUT2D eigenvalue weighted by atomic mass is 127. The zero-order valence-corrected chi connectivity index (χ0v) is 18.7. The van der Waals surface area contributed by atoms with Gasteiger partial charge in [-0.25, -0.2) is 4.99 Å². The van der Waals surface area contributed by atoms with E-state index in [2.05, 4.69) is 53.4 Å². The number of anilines is 1. The number of nitrogens with two attached hydrogens (primary N) is 1. The Hall–Kier alpha value is -2.00. The van der Waals surface area contributed by atoms with E-state index in [0.717, 1.165) is 18.7 Å². The maximum atomic E-state index is 6.04. The Kier molecular flexibility index (Phi) is 9.95. The first-order valence-electron chi connectivity index (χ1n) is 8.61. The molecule has 0 bridgehead atoms. The first kappa shape index (κ1) is 23.0. The molecule has 0 unspecified atom stereocenters. The molecule has 27 heavy (non-hydrogen) atoms. The van der Waals surface area contributed by atoms with Crippen molar-refractivity contribution in [2.45, 2.75) is 20.0 Å². The van der Waals surface area contributed by atoms with E-state index in [4.69, 9.17) is 15.2 Å². The lowest BCUT2D eigenvalue weighted by Gasteiger charge is -2.14. The molecular weight excluding hydrogens is 455 g/mol. The summed E-state index contributed by atoms with van der Waals surface area (Å²) in [5.74, 6) is 1.72. The van der Waals surface area contributed by atoms with Gasteiger partial charge in [0.15, 0.2) is 5.96 Å². The monoisotopic (exact) mass is 484 g/mol. The number of nitrogens with one attached hydrogen (secondary N) is 1. The molecule has 0 radical (unpaired) electrons. The number of aliphatic imine (C=N–C) groups is 1. The number of methoxy groups -OCH3 is 2. The number of hydrogen-bond donors (Lipinski definition) is 2. The second-order valence-electron chi connectivity index (χ2n) is 6.04. The van der Waals surface area contributed by atoms with E-state index in [1.807, 2.05) is 18.2 Å². The normalized spacial score (nSPS) is 11.1. The molecule has 0 atom stereocenters. The minimum Gasteiger partial charge on any atom is -0.497 e. The summed E-state index contributed by atoms with van der Waals surface area (Å²) >= 11 is 0. The largest absolute Gasteiger partial charge is 0.497 e. The number of guanidine groups is 1. The van der Waals surface area contributed by atoms with Crippen LogP contribution in [-0.2, 0) is 13.1 Å². The van der Waals surface area contributed by atoms with Gasteiger partial charge in [0.25, 0.3) is 0 Å². The summed E-state index contributed by atoms with van der Waals surface area (Å²) in [5, 5.41) is 3.08. The van der Waals surface area contributed by atoms with Gasteiger partial charge in [0.1, 0.15) is 11.5 Å². The molecule has 0 saturated carbocycles. The van der Waals surface area contributed by atoms with Crippen molar-refractivity contribution in [3.63, 3.8) is 0 Å². The third-order valence-electron chi connectivity index (χ3n) is 4.09. The molecule has 0 aromatic heterocycles. The lowest BCUT2D eigenvalue weighted by Crippen LogP contribution is -2.23. The van der Waals surface area contributed by atoms with Crippen molar-refractivity contribution in [1.29, 1.82) is 0 Å². The van der Waals surface area contributed by atoms with E-state index in [9.17, 15) is 0 Å². The molecule has 2 aromatic carbocycles. The van der Waals surface area contributed by atoms with Crippen LogP contribution in [0.5, 0.6) is 11.5 Å². The number of ether oxygens (including phenoxy) is 2. The molecule has 0 aliphatic heterocycles. The minimum atomic E-state index is 0. The van der Waals surface area contributed by atoms with Gasteiger partial charge in [-0.15, -0.1) is 24.0 Å². The fraction of sp³-hybridized carbons (Fsp3) is 0.350. The Bertz CT molecular complexity index is 753. The van der Waals surface area contributed by atoms with Gasteiger partial charge < -0.3 is 25.4 Å². The maximum absolute atomic E-state index is 6.04. The van der Waals surface area contributed by atoms with Crippen LogP contribution in [0.2, 0.25) is 0 Å². The maximum Gasteiger partial charge on any atom is 0.193 e. The second-order valence-corrected chi connectivity index (χ2v) is 6.04. The van der Waals surface area contributed by atoms with E-state index in [1.165, 1.54) is 5.56 Å². The number of halogens is 1. The van der Waals surface area contributed by atoms with Crippen molar-refractivity contribution in [2.75, 3.05) is 33.1 Å². The van der Waals surface area contributed by atoms with Crippen LogP contribution in [0.15, 0.2) is 47.5 Å². The van der Waals surface area contributed by atoms with Crippen molar-refractivity contribution in [3.8, 4) is 11.5 Å². The quantitative estimate of drug-likeness (QED) is 0.340. The Balaban J connectivity index is 0.00000364. The molecule has 0 aliphatic rings. The molecule has 2 rings (SSSR count). The van der Waals surface area contributed by atoms with Gasteiger partial charge in [0, 0.05) is 12.6 Å². The van der Waals surface area contributed by atoms with Crippen molar-refractivity contribution in [2.24, 2.45) is 10.7 Å². The molecule has 148 valence electrons. The number of benzene rings is 2. The van der Waals surface area contributed by atoms with E-state index in [-0.39, 0.29) is 24.0 Å². The second kappa shape index (κ2) is 11.7. The smallest absolute Gasteiger partial charge is 0.193 e. The minimum absolute atomic E-state index is 0. The Morgan fingerprint density at radius 2 is 1.85 bits per heavy atom. The fourth-order valence-electron chi connectivity index (χ4n) is 2.52. The van der Waals surface area contributed by atoms with Crippen molar-refractivity contribution >= 4 is 35.6 Å². The summed E-state index contributed by atoms with van der Waals surface area (Å²) in [5.41, 5.74) is 9.14. The molecule has 0 aliphatic carbocycles. The summed E-state index contributed by atoms with van der Waals surface area (Å²) in [7, 11) is 5.33. The zero-order chi connectivity index (χ0) is 18.9. The number of rotatable bonds is 8. The van der Waals surface area contributed by atoms with Crippen LogP contribution in [0.1, 0.15) is 18.1 Å². The Morgan fingerprint density at radius 1 is 1.11 bits per heavy atom. The highest BCUT2D eigenvalue weighted by molar-refractivity contribution is 14.0. The molecule has 7 heteroatoms. The molecule has 2 aromatic rings. The molecule has 0 saturated heterocycles. The number of hydrogen-bond acceptors (Lipinski definition) is 4. The number of nitrogens with zero attached hydrogens (tertiary/aromatic N) is 2. The molecule has 6 nitrogen and oxygen atoms in total. The van der Waals surface area contributed by atoms with Crippen LogP contribution in [-0.4, -0.2) is 38.7 Å². The highest BCUT2D eigenvalue weighted by Gasteiger charge is 2.06. The molecule has 0 spiro atoms. The van der Waals surface area contributed by atoms with E-state index in [1.54, 1.807) is 14.2 Å². The lowest BCUT2D eigenvalue weighted by atomic mass is 10.1. The van der Waals surface area contributed by atoms with Gasteiger partial charge in [-0.3, -0.25) is 0 Å². The zero-order valence-electron chi connectivity index (χ0n) is 16.4. The van der Waals surface area contributed by atoms with Crippen LogP contribution in [0.3, 0.4) is 0 Å². The third-order valence-corrected chi connectivity index (χ3v) is 4.09. The van der Waals surface area contributed by atoms with Gasteiger partial charge in [-0.05, 0) is 36.9 Å². The average Bonchev–Trinajstić information content (AvgIpc) is 2.66. The van der Waals surface area contributed by atoms with Crippen LogP contribution < -0.4 is 20.5 Å². The van der Waals surface area contributed by atoms with E-state index < -0.39 is 0 Å². The van der Waals surface area contributed by atoms with Crippen LogP contribution in [0, 0.1) is 0 Å². The molecule has 0 fully saturated rings. The van der Waals surface area contributed by atoms with Crippen LogP contribution >= 0.6 is 24.0 Å². The first-order chi connectivity index (χ1) is 12.5. The standard InChI is InChI=1S/C20H28N4O2.HI/c1-5-24(2)14-16-8-6-7-15(11-16)13-22-20(21)23-18-12-17(25-3)9-10-19(18)26-4;/h6-12H,5,13-14H2,1-4H3,(H3,21,22,23);1H. The predicted molar refractivity (Wildman–Crippen MR) is 122 cm³/mol. The predicted octanol–water partition coefficient (Wildman–Crippen LogP) is 3.70. The van der Waals surface area contributed by atoms with E-state index >= 15 is 0 Å². The summed E-state index contributed by atoms with van der Waals surface area (Å²) < 4.78 is 10.6. The fourth-order valence-corrected chi connectivity index (χ4v) is 2.52. The molecular formula is C20H29IN4O2. The summed E-state index contributed by atoms with van der Waals surface area (Å²) in [6, 6.07) is 13.9. The van der Waals surface area contributed by atoms with Gasteiger partial charge in [0.05, 0.1) is 26.5 Å². The van der Waals surface area contributed by atoms with Gasteiger partial charge in [0.2, 0.25) is 0 Å². The topological polar surface area (TPSA) is 72.1 Å². The molecule has 3 N–H and O–H groups in total. The highest BCUT2D eigenvalue weighted by Crippen LogP contribution is 2.28. The lowest BCUT2D eigenvalue weighted by molar-refractivity contribution is 0.345. The van der Waals surface area contributed by atoms with Crippen LogP contribution in [0.4, 0.5) is 5.69 Å². The average molecular weight is 484 g/mol. The third kappa shape index (κ3) is 7.26. The van der Waals surface area contributed by atoms with Crippen molar-refractivity contribution in [1.82, 2.24) is 4.90 Å². The Labute approximate surface area is 178 Å². The van der Waals surface area contributed by atoms with Crippen LogP contribution in [0.25, 0.3) is 0 Å². The van der Waals surface area contributed by atoms with Gasteiger partial charge >= 0.3 is 0 Å². The summed E-state index contributed by atoms with van der Waals surface area (Å²) in [6.45, 7) is 4.59. The first-order valence-corrected chi connectivity index (χ1v) is 8.61. The molecule has 0 heterocycles. The van der Waals surface area contributed by atoms with Crippen molar-refractivity contribution < 1.29 is 9.47 Å². The van der Waals surface area contributed by atoms with Gasteiger partial charge in [-0.1, -0.05) is 31.2 Å². The van der Waals surface area contributed by atoms with E-state index in [0.29, 0.717) is 29.7 Å². The summed E-state index contributed by atoms with van der Waals surface area (Å²) in [6.07, 6.45) is 0. The molecule has 0 amide bonds. The summed E-state index contributed by atoms with van der Waals surface area (Å²) in [4.78, 5) is 6.69. The Morgan fingerprint density at radius 3 is 2.52 bits per heavy atom.